The van der Waals surface area contributed by atoms with E-state index in [1.54, 1.807) is 0 Å². The molecule has 296 valence electrons. The molecule has 0 bridgehead atoms. The van der Waals surface area contributed by atoms with E-state index in [4.69, 9.17) is 14.0 Å². The zero-order valence-electron chi connectivity index (χ0n) is 34.8. The molecule has 5 heteroatoms. The molecule has 0 heterocycles. The summed E-state index contributed by atoms with van der Waals surface area (Å²) in [5, 5.41) is 20.1. The molecule has 0 aromatic heterocycles. The molecule has 0 fully saturated rings. The van der Waals surface area contributed by atoms with Gasteiger partial charge in [0, 0.05) is 16.2 Å². The Morgan fingerprint density at radius 3 is 0.806 bits per heavy atom. The van der Waals surface area contributed by atoms with Gasteiger partial charge in [-0.1, -0.05) is 146 Å². The largest absolute Gasteiger partial charge is 0.864 e. The fourth-order valence-corrected chi connectivity index (χ4v) is 8.98. The van der Waals surface area contributed by atoms with Crippen molar-refractivity contribution in [1.29, 1.82) is 0 Å². The number of fused-ring (bicyclic) bond motifs is 12. The summed E-state index contributed by atoms with van der Waals surface area (Å²) in [5.74, 6) is 2.03. The third kappa shape index (κ3) is 6.83. The van der Waals surface area contributed by atoms with E-state index in [-0.39, 0.29) is 0 Å². The van der Waals surface area contributed by atoms with E-state index in [1.807, 2.05) is 62.4 Å². The average Bonchev–Trinajstić information content (AvgIpc) is 3.29. The van der Waals surface area contributed by atoms with Crippen LogP contribution in [0.15, 0.2) is 200 Å². The van der Waals surface area contributed by atoms with E-state index in [0.717, 1.165) is 64.6 Å². The molecule has 0 aliphatic carbocycles. The van der Waals surface area contributed by atoms with Gasteiger partial charge in [0.1, 0.15) is 17.2 Å². The first-order valence-corrected chi connectivity index (χ1v) is 21.1. The highest BCUT2D eigenvalue weighted by atomic mass is 16.7. The highest BCUT2D eigenvalue weighted by Gasteiger charge is 2.33. The molecule has 0 aliphatic rings. The molecule has 0 N–H and O–H groups in total. The van der Waals surface area contributed by atoms with Crippen molar-refractivity contribution in [3.8, 4) is 17.2 Å². The van der Waals surface area contributed by atoms with Gasteiger partial charge in [-0.3, -0.25) is 0 Å². The van der Waals surface area contributed by atoms with Gasteiger partial charge >= 0.3 is 7.32 Å². The van der Waals surface area contributed by atoms with Crippen LogP contribution in [0, 0.1) is 0 Å². The molecule has 4 nitrogen and oxygen atoms in total. The highest BCUT2D eigenvalue weighted by molar-refractivity contribution is 6.41. The molecule has 0 amide bonds. The first-order valence-electron chi connectivity index (χ1n) is 21.1. The highest BCUT2D eigenvalue weighted by Crippen LogP contribution is 2.40. The number of hydrogen-bond donors (Lipinski definition) is 0. The van der Waals surface area contributed by atoms with Gasteiger partial charge in [0.2, 0.25) is 0 Å². The quantitative estimate of drug-likeness (QED) is 0.0952. The van der Waals surface area contributed by atoms with Gasteiger partial charge in [-0.25, -0.2) is 0 Å². The minimum absolute atomic E-state index is 0.676. The van der Waals surface area contributed by atoms with Gasteiger partial charge in [-0.05, 0) is 157 Å². The summed E-state index contributed by atoms with van der Waals surface area (Å²) in [5.41, 5.74) is 0. The Morgan fingerprint density at radius 2 is 0.516 bits per heavy atom. The first-order chi connectivity index (χ1) is 30.4. The van der Waals surface area contributed by atoms with Crippen molar-refractivity contribution in [3.63, 3.8) is 0 Å². The SMILES string of the molecule is CN(C)C.c1ccc2cc3c(ccc4cccc(OB(Oc5cccc6ccc7cc8ccccc8cc7c56)Oc5cccc6ccc7cc8ccccc8cc7c56)c43)cc2c1. The van der Waals surface area contributed by atoms with E-state index >= 15 is 0 Å². The second-order valence-corrected chi connectivity index (χ2v) is 16.5. The summed E-state index contributed by atoms with van der Waals surface area (Å²) in [6.45, 7) is 0. The molecule has 0 saturated heterocycles. The minimum Gasteiger partial charge on any atom is -0.489 e. The normalized spacial score (nSPS) is 11.6. The maximum atomic E-state index is 7.07. The van der Waals surface area contributed by atoms with Crippen LogP contribution in [0.5, 0.6) is 17.2 Å². The summed E-state index contributed by atoms with van der Waals surface area (Å²) in [4.78, 5) is 2.00. The lowest BCUT2D eigenvalue weighted by atomic mass is 9.96. The summed E-state index contributed by atoms with van der Waals surface area (Å²) >= 11 is 0. The maximum Gasteiger partial charge on any atom is 0.864 e. The molecule has 12 aromatic carbocycles. The second kappa shape index (κ2) is 15.5. The smallest absolute Gasteiger partial charge is 0.489 e. The van der Waals surface area contributed by atoms with Crippen LogP contribution < -0.4 is 14.0 Å². The van der Waals surface area contributed by atoms with Crippen LogP contribution >= 0.6 is 0 Å². The lowest BCUT2D eigenvalue weighted by Gasteiger charge is -2.21. The molecular weight excluding hydrogens is 757 g/mol. The Labute approximate surface area is 360 Å². The monoisotopic (exact) mass is 799 g/mol. The van der Waals surface area contributed by atoms with Crippen LogP contribution in [0.3, 0.4) is 0 Å². The zero-order chi connectivity index (χ0) is 41.7. The molecule has 0 aliphatic heterocycles. The Balaban J connectivity index is 0.00000104. The zero-order valence-corrected chi connectivity index (χ0v) is 34.8. The predicted octanol–water partition coefficient (Wildman–Crippen LogP) is 14.8. The van der Waals surface area contributed by atoms with Crippen molar-refractivity contribution in [2.45, 2.75) is 0 Å². The summed E-state index contributed by atoms with van der Waals surface area (Å²) < 4.78 is 21.2. The van der Waals surface area contributed by atoms with E-state index in [0.29, 0.717) is 17.2 Å². The number of rotatable bonds is 6. The van der Waals surface area contributed by atoms with Crippen LogP contribution in [-0.2, 0) is 0 Å². The summed E-state index contributed by atoms with van der Waals surface area (Å²) in [6.07, 6.45) is 0. The molecule has 0 spiro atoms. The molecule has 62 heavy (non-hydrogen) atoms. The van der Waals surface area contributed by atoms with E-state index in [9.17, 15) is 0 Å². The predicted molar refractivity (Wildman–Crippen MR) is 264 cm³/mol. The summed E-state index contributed by atoms with van der Waals surface area (Å²) in [6, 6.07) is 70.6. The van der Waals surface area contributed by atoms with Crippen LogP contribution in [-0.4, -0.2) is 33.4 Å². The van der Waals surface area contributed by atoms with Crippen molar-refractivity contribution in [2.75, 3.05) is 21.1 Å². The van der Waals surface area contributed by atoms with Gasteiger partial charge in [0.05, 0.1) is 0 Å². The topological polar surface area (TPSA) is 30.9 Å². The maximum absolute atomic E-state index is 7.07. The van der Waals surface area contributed by atoms with Gasteiger partial charge in [0.25, 0.3) is 0 Å². The lowest BCUT2D eigenvalue weighted by molar-refractivity contribution is 0.312. The van der Waals surface area contributed by atoms with Gasteiger partial charge < -0.3 is 18.9 Å². The fourth-order valence-electron chi connectivity index (χ4n) is 8.98. The van der Waals surface area contributed by atoms with E-state index in [1.165, 1.54) is 32.3 Å². The van der Waals surface area contributed by atoms with E-state index < -0.39 is 7.32 Å². The third-order valence-corrected chi connectivity index (χ3v) is 11.7. The molecule has 0 radical (unpaired) electrons. The Kier molecular flexibility index (Phi) is 9.33. The average molecular weight is 800 g/mol. The number of hydrogen-bond acceptors (Lipinski definition) is 4. The number of nitrogens with zero attached hydrogens (tertiary/aromatic N) is 1. The first kappa shape index (κ1) is 37.4. The van der Waals surface area contributed by atoms with Crippen molar-refractivity contribution in [2.24, 2.45) is 0 Å². The van der Waals surface area contributed by atoms with Crippen molar-refractivity contribution >= 4 is 104 Å². The van der Waals surface area contributed by atoms with Crippen LogP contribution in [0.2, 0.25) is 0 Å². The van der Waals surface area contributed by atoms with Crippen LogP contribution in [0.25, 0.3) is 97.0 Å². The molecule has 0 saturated carbocycles. The molecular formula is C57H42BNO3. The Bertz CT molecular complexity index is 3310. The van der Waals surface area contributed by atoms with Crippen molar-refractivity contribution in [3.05, 3.63) is 200 Å². The van der Waals surface area contributed by atoms with Crippen LogP contribution in [0.1, 0.15) is 0 Å². The second-order valence-electron chi connectivity index (χ2n) is 16.5. The molecule has 0 unspecified atom stereocenters. The Hall–Kier alpha value is -7.60. The third-order valence-electron chi connectivity index (χ3n) is 11.7. The Morgan fingerprint density at radius 1 is 0.274 bits per heavy atom. The molecule has 12 aromatic rings. The molecule has 0 atom stereocenters. The lowest BCUT2D eigenvalue weighted by Crippen LogP contribution is -2.37. The summed E-state index contributed by atoms with van der Waals surface area (Å²) in [7, 11) is 4.84. The van der Waals surface area contributed by atoms with Gasteiger partial charge in [0.15, 0.2) is 0 Å². The van der Waals surface area contributed by atoms with Crippen LogP contribution in [0.4, 0.5) is 0 Å². The van der Waals surface area contributed by atoms with Crippen molar-refractivity contribution < 1.29 is 14.0 Å². The number of benzene rings is 12. The van der Waals surface area contributed by atoms with Crippen molar-refractivity contribution in [1.82, 2.24) is 4.90 Å². The minimum atomic E-state index is -1.16. The fraction of sp³-hybridized carbons (Fsp3) is 0.0526. The van der Waals surface area contributed by atoms with Gasteiger partial charge in [-0.15, -0.1) is 0 Å². The standard InChI is InChI=1S/C54H33BO3.C3H9N/c1-4-13-40-31-46-43(28-37(40)10-1)25-22-34-16-7-19-49(52(34)46)56-55(57-50-20-8-17-35-23-26-44-29-38-11-2-5-14-41(38)32-47(44)53(35)50)58-51-21-9-18-36-24-27-45-30-39-12-3-6-15-42(39)33-48(45)54(36)51;1-4(2)3/h1-33H;1-3H3. The van der Waals surface area contributed by atoms with Gasteiger partial charge in [-0.2, -0.15) is 0 Å². The van der Waals surface area contributed by atoms with E-state index in [2.05, 4.69) is 164 Å². The molecule has 12 rings (SSSR count).